The highest BCUT2D eigenvalue weighted by Gasteiger charge is 1.97. The van der Waals surface area contributed by atoms with Gasteiger partial charge in [-0.05, 0) is 12.1 Å². The Labute approximate surface area is 64.2 Å². The van der Waals surface area contributed by atoms with Gasteiger partial charge in [0.1, 0.15) is 11.5 Å². The second kappa shape index (κ2) is 3.05. The zero-order valence-electron chi connectivity index (χ0n) is 5.78. The third-order valence-corrected chi connectivity index (χ3v) is 1.05. The van der Waals surface area contributed by atoms with Gasteiger partial charge >= 0.3 is 5.97 Å². The topological polar surface area (TPSA) is 46.5 Å². The fourth-order valence-electron chi connectivity index (χ4n) is 0.678. The van der Waals surface area contributed by atoms with E-state index in [1.165, 1.54) is 12.1 Å². The normalized spacial score (nSPS) is 9.18. The average molecular weight is 151 g/mol. The van der Waals surface area contributed by atoms with Crippen LogP contribution in [0.2, 0.25) is 0 Å². The fraction of sp³-hybridized carbons (Fsp3) is 0. The van der Waals surface area contributed by atoms with Crippen LogP contribution >= 0.6 is 0 Å². The predicted molar refractivity (Wildman–Crippen MR) is 39.1 cm³/mol. The minimum absolute atomic E-state index is 0.0590. The summed E-state index contributed by atoms with van der Waals surface area (Å²) in [5.74, 6) is -0.288. The van der Waals surface area contributed by atoms with Crippen LogP contribution in [0.15, 0.2) is 24.3 Å². The standard InChI is InChI=1S/C8H7O3/c1-6(9)11-8-4-2-3-7(10)5-8/h2-5,10H,1H2. The molecule has 57 valence electrons. The summed E-state index contributed by atoms with van der Waals surface area (Å²) in [5.41, 5.74) is 0. The maximum atomic E-state index is 10.3. The number of ether oxygens (including phenoxy) is 1. The molecule has 3 heteroatoms. The smallest absolute Gasteiger partial charge is 0.311 e. The molecule has 0 aliphatic rings. The highest BCUT2D eigenvalue weighted by molar-refractivity contribution is 5.76. The molecule has 1 N–H and O–H groups in total. The maximum absolute atomic E-state index is 10.3. The number of rotatable bonds is 1. The summed E-state index contributed by atoms with van der Waals surface area (Å²) in [6.07, 6.45) is 0. The van der Waals surface area contributed by atoms with E-state index in [0.29, 0.717) is 5.75 Å². The molecule has 0 heterocycles. The van der Waals surface area contributed by atoms with E-state index in [1.54, 1.807) is 12.1 Å². The molecule has 0 spiro atoms. The molecule has 1 radical (unpaired) electrons. The lowest BCUT2D eigenvalue weighted by atomic mass is 10.3. The first-order chi connectivity index (χ1) is 5.18. The molecule has 0 unspecified atom stereocenters. The predicted octanol–water partition coefficient (Wildman–Crippen LogP) is 1.13. The van der Waals surface area contributed by atoms with E-state index in [-0.39, 0.29) is 5.75 Å². The second-order valence-electron chi connectivity index (χ2n) is 1.97. The van der Waals surface area contributed by atoms with Crippen LogP contribution in [-0.4, -0.2) is 11.1 Å². The first-order valence-corrected chi connectivity index (χ1v) is 3.01. The Hall–Kier alpha value is -1.51. The van der Waals surface area contributed by atoms with Crippen molar-refractivity contribution in [3.05, 3.63) is 31.2 Å². The molecule has 0 aromatic heterocycles. The van der Waals surface area contributed by atoms with E-state index >= 15 is 0 Å². The summed E-state index contributed by atoms with van der Waals surface area (Å²) >= 11 is 0. The Morgan fingerprint density at radius 3 is 2.82 bits per heavy atom. The first-order valence-electron chi connectivity index (χ1n) is 3.01. The van der Waals surface area contributed by atoms with E-state index in [0.717, 1.165) is 0 Å². The number of benzene rings is 1. The Kier molecular flexibility index (Phi) is 2.11. The Morgan fingerprint density at radius 2 is 2.27 bits per heavy atom. The van der Waals surface area contributed by atoms with Gasteiger partial charge in [0.25, 0.3) is 0 Å². The molecule has 3 nitrogen and oxygen atoms in total. The van der Waals surface area contributed by atoms with Gasteiger partial charge in [-0.25, -0.2) is 0 Å². The van der Waals surface area contributed by atoms with Gasteiger partial charge in [0.15, 0.2) is 0 Å². The molecule has 0 fully saturated rings. The summed E-state index contributed by atoms with van der Waals surface area (Å²) in [7, 11) is 0. The number of esters is 1. The molecule has 0 bridgehead atoms. The van der Waals surface area contributed by atoms with Gasteiger partial charge in [-0.1, -0.05) is 6.07 Å². The molecule has 0 saturated heterocycles. The summed E-state index contributed by atoms with van der Waals surface area (Å²) in [6.45, 7) is 3.02. The van der Waals surface area contributed by atoms with Gasteiger partial charge in [-0.3, -0.25) is 4.79 Å². The third-order valence-electron chi connectivity index (χ3n) is 1.05. The van der Waals surface area contributed by atoms with Crippen molar-refractivity contribution in [2.24, 2.45) is 0 Å². The van der Waals surface area contributed by atoms with Crippen molar-refractivity contribution in [3.63, 3.8) is 0 Å². The number of carbonyl (C=O) groups excluding carboxylic acids is 1. The van der Waals surface area contributed by atoms with Crippen molar-refractivity contribution in [3.8, 4) is 11.5 Å². The molecular formula is C8H7O3. The summed E-state index contributed by atoms with van der Waals surface area (Å²) in [4.78, 5) is 10.3. The van der Waals surface area contributed by atoms with Crippen molar-refractivity contribution < 1.29 is 14.6 Å². The molecule has 0 aliphatic carbocycles. The highest BCUT2D eigenvalue weighted by atomic mass is 16.5. The van der Waals surface area contributed by atoms with E-state index in [4.69, 9.17) is 5.11 Å². The quantitative estimate of drug-likeness (QED) is 0.483. The van der Waals surface area contributed by atoms with Crippen LogP contribution in [0.5, 0.6) is 11.5 Å². The summed E-state index contributed by atoms with van der Waals surface area (Å²) < 4.78 is 4.58. The number of hydrogen-bond acceptors (Lipinski definition) is 3. The molecule has 0 amide bonds. The molecule has 0 atom stereocenters. The monoisotopic (exact) mass is 151 g/mol. The van der Waals surface area contributed by atoms with Crippen LogP contribution in [0.4, 0.5) is 0 Å². The van der Waals surface area contributed by atoms with Crippen LogP contribution in [-0.2, 0) is 4.79 Å². The van der Waals surface area contributed by atoms with E-state index in [9.17, 15) is 4.79 Å². The lowest BCUT2D eigenvalue weighted by Crippen LogP contribution is -2.01. The minimum atomic E-state index is -0.643. The molecule has 0 saturated carbocycles. The van der Waals surface area contributed by atoms with Crippen molar-refractivity contribution in [2.45, 2.75) is 0 Å². The van der Waals surface area contributed by atoms with Gasteiger partial charge in [-0.15, -0.1) is 0 Å². The molecule has 1 aromatic rings. The molecule has 1 rings (SSSR count). The van der Waals surface area contributed by atoms with Crippen molar-refractivity contribution >= 4 is 5.97 Å². The number of hydrogen-bond donors (Lipinski definition) is 1. The zero-order valence-corrected chi connectivity index (χ0v) is 5.78. The number of carbonyl (C=O) groups is 1. The largest absolute Gasteiger partial charge is 0.508 e. The highest BCUT2D eigenvalue weighted by Crippen LogP contribution is 2.17. The van der Waals surface area contributed by atoms with Crippen LogP contribution in [0.3, 0.4) is 0 Å². The fourth-order valence-corrected chi connectivity index (χ4v) is 0.678. The van der Waals surface area contributed by atoms with Crippen LogP contribution in [0.25, 0.3) is 0 Å². The maximum Gasteiger partial charge on any atom is 0.311 e. The Balaban J connectivity index is 2.79. The lowest BCUT2D eigenvalue weighted by Gasteiger charge is -1.99. The van der Waals surface area contributed by atoms with E-state index < -0.39 is 5.97 Å². The Morgan fingerprint density at radius 1 is 1.55 bits per heavy atom. The van der Waals surface area contributed by atoms with Crippen molar-refractivity contribution in [1.29, 1.82) is 0 Å². The van der Waals surface area contributed by atoms with Crippen LogP contribution < -0.4 is 4.74 Å². The van der Waals surface area contributed by atoms with Gasteiger partial charge in [0.05, 0.1) is 6.92 Å². The van der Waals surface area contributed by atoms with Gasteiger partial charge in [0.2, 0.25) is 0 Å². The molecule has 0 aliphatic heterocycles. The first kappa shape index (κ1) is 7.60. The van der Waals surface area contributed by atoms with E-state index in [2.05, 4.69) is 11.7 Å². The number of phenolic OH excluding ortho intramolecular Hbond substituents is 1. The summed E-state index contributed by atoms with van der Waals surface area (Å²) in [5, 5.41) is 8.91. The molecule has 1 aromatic carbocycles. The van der Waals surface area contributed by atoms with Crippen molar-refractivity contribution in [2.75, 3.05) is 0 Å². The molecular weight excluding hydrogens is 144 g/mol. The Bertz CT molecular complexity index is 268. The second-order valence-corrected chi connectivity index (χ2v) is 1.97. The van der Waals surface area contributed by atoms with Gasteiger partial charge in [0, 0.05) is 6.07 Å². The third kappa shape index (κ3) is 2.29. The number of phenols is 1. The average Bonchev–Trinajstić information content (AvgIpc) is 1.85. The van der Waals surface area contributed by atoms with Gasteiger partial charge in [-0.2, -0.15) is 0 Å². The lowest BCUT2D eigenvalue weighted by molar-refractivity contribution is -0.129. The van der Waals surface area contributed by atoms with Crippen LogP contribution in [0, 0.1) is 6.92 Å². The van der Waals surface area contributed by atoms with Gasteiger partial charge < -0.3 is 9.84 Å². The summed E-state index contributed by atoms with van der Waals surface area (Å²) in [6, 6.07) is 5.96. The SMILES string of the molecule is [CH2]C(=O)Oc1cccc(O)c1. The number of aromatic hydroxyl groups is 1. The van der Waals surface area contributed by atoms with Crippen LogP contribution in [0.1, 0.15) is 0 Å². The van der Waals surface area contributed by atoms with Crippen molar-refractivity contribution in [1.82, 2.24) is 0 Å². The minimum Gasteiger partial charge on any atom is -0.508 e. The molecule has 11 heavy (non-hydrogen) atoms. The zero-order chi connectivity index (χ0) is 8.27. The van der Waals surface area contributed by atoms with E-state index in [1.807, 2.05) is 0 Å².